The fraction of sp³-hybridized carbons (Fsp3) is 0.500. The van der Waals surface area contributed by atoms with Crippen molar-refractivity contribution in [2.45, 2.75) is 73.2 Å². The van der Waals surface area contributed by atoms with E-state index in [0.29, 0.717) is 0 Å². The number of hydrogen-bond donors (Lipinski definition) is 2. The van der Waals surface area contributed by atoms with E-state index in [0.717, 1.165) is 45.1 Å². The lowest BCUT2D eigenvalue weighted by Gasteiger charge is -2.43. The molecule has 0 bridgehead atoms. The average Bonchev–Trinajstić information content (AvgIpc) is 3.35. The van der Waals surface area contributed by atoms with Gasteiger partial charge in [-0.1, -0.05) is 61.4 Å². The minimum Gasteiger partial charge on any atom is -0.368 e. The second-order valence-electron chi connectivity index (χ2n) is 9.87. The summed E-state index contributed by atoms with van der Waals surface area (Å²) in [7, 11) is 1.75. The molecule has 0 spiro atoms. The summed E-state index contributed by atoms with van der Waals surface area (Å²) >= 11 is 1.74. The van der Waals surface area contributed by atoms with Crippen molar-refractivity contribution in [3.05, 3.63) is 60.2 Å². The first-order chi connectivity index (χ1) is 16.4. The van der Waals surface area contributed by atoms with Gasteiger partial charge < -0.3 is 16.0 Å². The Labute approximate surface area is 207 Å². The monoisotopic (exact) mass is 479 g/mol. The van der Waals surface area contributed by atoms with Crippen LogP contribution in [-0.2, 0) is 9.59 Å². The van der Waals surface area contributed by atoms with Crippen LogP contribution in [0.4, 0.5) is 0 Å². The summed E-state index contributed by atoms with van der Waals surface area (Å²) in [6, 6.07) is 18.9. The van der Waals surface area contributed by atoms with Gasteiger partial charge in [0.25, 0.3) is 0 Å². The number of carbonyl (C=O) groups is 2. The number of nitrogens with one attached hydrogen (secondary N) is 1. The highest BCUT2D eigenvalue weighted by molar-refractivity contribution is 7.99. The molecule has 0 radical (unpaired) electrons. The molecule has 2 aromatic carbocycles. The third-order valence-corrected chi connectivity index (χ3v) is 8.80. The van der Waals surface area contributed by atoms with Gasteiger partial charge >= 0.3 is 0 Å². The van der Waals surface area contributed by atoms with Crippen molar-refractivity contribution in [2.75, 3.05) is 13.6 Å². The van der Waals surface area contributed by atoms with Crippen LogP contribution in [0.2, 0.25) is 0 Å². The van der Waals surface area contributed by atoms with Crippen molar-refractivity contribution in [2.24, 2.45) is 17.6 Å². The zero-order chi connectivity index (χ0) is 24.1. The fourth-order valence-corrected chi connectivity index (χ4v) is 6.69. The maximum atomic E-state index is 14.2. The van der Waals surface area contributed by atoms with Crippen molar-refractivity contribution in [3.8, 4) is 0 Å². The molecule has 0 aromatic heterocycles. The highest BCUT2D eigenvalue weighted by atomic mass is 32.2. The molecular weight excluding hydrogens is 442 g/mol. The van der Waals surface area contributed by atoms with Gasteiger partial charge in [0.15, 0.2) is 0 Å². The van der Waals surface area contributed by atoms with Crippen molar-refractivity contribution < 1.29 is 9.59 Å². The first kappa shape index (κ1) is 24.8. The summed E-state index contributed by atoms with van der Waals surface area (Å²) < 4.78 is 0. The SMILES string of the molecule is CNC(C)(C(N)=O)[C@@H](C(=O)N1CCC[C@H]1c1cccc(Sc2ccccc2)c1)C1CCCCC1. The summed E-state index contributed by atoms with van der Waals surface area (Å²) in [6.45, 7) is 2.54. The number of likely N-dealkylation sites (tertiary alicyclic amines) is 1. The lowest BCUT2D eigenvalue weighted by atomic mass is 9.69. The van der Waals surface area contributed by atoms with E-state index in [1.54, 1.807) is 18.8 Å². The normalized spacial score (nSPS) is 21.7. The van der Waals surface area contributed by atoms with Crippen molar-refractivity contribution in [1.29, 1.82) is 0 Å². The Morgan fingerprint density at radius 3 is 2.38 bits per heavy atom. The summed E-state index contributed by atoms with van der Waals surface area (Å²) in [5.41, 5.74) is 6.00. The first-order valence-corrected chi connectivity index (χ1v) is 13.4. The average molecular weight is 480 g/mol. The lowest BCUT2D eigenvalue weighted by molar-refractivity contribution is -0.147. The third-order valence-electron chi connectivity index (χ3n) is 7.80. The van der Waals surface area contributed by atoms with Crippen molar-refractivity contribution in [1.82, 2.24) is 10.2 Å². The van der Waals surface area contributed by atoms with Gasteiger partial charge in [-0.25, -0.2) is 0 Å². The van der Waals surface area contributed by atoms with Gasteiger partial charge in [0.05, 0.1) is 12.0 Å². The highest BCUT2D eigenvalue weighted by Gasteiger charge is 2.50. The Morgan fingerprint density at radius 2 is 1.71 bits per heavy atom. The molecule has 2 fully saturated rings. The minimum atomic E-state index is -1.06. The van der Waals surface area contributed by atoms with E-state index in [9.17, 15) is 9.59 Å². The van der Waals surface area contributed by atoms with Crippen LogP contribution in [0.1, 0.15) is 63.5 Å². The zero-order valence-electron chi connectivity index (χ0n) is 20.3. The molecule has 1 aliphatic carbocycles. The van der Waals surface area contributed by atoms with E-state index < -0.39 is 17.4 Å². The van der Waals surface area contributed by atoms with E-state index >= 15 is 0 Å². The number of nitrogens with two attached hydrogens (primary N) is 1. The van der Waals surface area contributed by atoms with Gasteiger partial charge in [-0.3, -0.25) is 9.59 Å². The van der Waals surface area contributed by atoms with E-state index in [2.05, 4.69) is 41.7 Å². The van der Waals surface area contributed by atoms with Gasteiger partial charge in [0, 0.05) is 16.3 Å². The fourth-order valence-electron chi connectivity index (χ4n) is 5.79. The summed E-state index contributed by atoms with van der Waals surface area (Å²) in [5, 5.41) is 3.15. The number of carbonyl (C=O) groups excluding carboxylic acids is 2. The molecule has 3 N–H and O–H groups in total. The molecule has 1 saturated heterocycles. The Morgan fingerprint density at radius 1 is 1.00 bits per heavy atom. The van der Waals surface area contributed by atoms with E-state index in [4.69, 9.17) is 5.73 Å². The highest BCUT2D eigenvalue weighted by Crippen LogP contribution is 2.41. The van der Waals surface area contributed by atoms with Crippen LogP contribution < -0.4 is 11.1 Å². The van der Waals surface area contributed by atoms with Crippen LogP contribution >= 0.6 is 11.8 Å². The Balaban J connectivity index is 1.61. The van der Waals surface area contributed by atoms with Gasteiger partial charge in [0.2, 0.25) is 11.8 Å². The molecule has 4 rings (SSSR count). The molecule has 1 aliphatic heterocycles. The molecule has 1 saturated carbocycles. The van der Waals surface area contributed by atoms with Crippen LogP contribution in [0.5, 0.6) is 0 Å². The smallest absolute Gasteiger partial charge is 0.238 e. The van der Waals surface area contributed by atoms with Crippen molar-refractivity contribution >= 4 is 23.6 Å². The summed E-state index contributed by atoms with van der Waals surface area (Å²) in [5.74, 6) is -0.646. The molecule has 2 amide bonds. The second-order valence-corrected chi connectivity index (χ2v) is 11.0. The van der Waals surface area contributed by atoms with E-state index in [1.165, 1.54) is 21.8 Å². The van der Waals surface area contributed by atoms with Crippen LogP contribution in [0, 0.1) is 11.8 Å². The third kappa shape index (κ3) is 5.18. The predicted molar refractivity (Wildman–Crippen MR) is 137 cm³/mol. The van der Waals surface area contributed by atoms with Crippen LogP contribution in [-0.4, -0.2) is 35.8 Å². The molecule has 1 unspecified atom stereocenters. The zero-order valence-corrected chi connectivity index (χ0v) is 21.2. The van der Waals surface area contributed by atoms with Crippen LogP contribution in [0.25, 0.3) is 0 Å². The predicted octanol–water partition coefficient (Wildman–Crippen LogP) is 5.16. The second kappa shape index (κ2) is 11.0. The van der Waals surface area contributed by atoms with Gasteiger partial charge in [-0.2, -0.15) is 0 Å². The number of likely N-dealkylation sites (N-methyl/N-ethyl adjacent to an activating group) is 1. The molecule has 3 atom stereocenters. The molecule has 2 aliphatic rings. The van der Waals surface area contributed by atoms with Crippen molar-refractivity contribution in [3.63, 3.8) is 0 Å². The summed E-state index contributed by atoms with van der Waals surface area (Å²) in [6.07, 6.45) is 7.27. The standard InChI is InChI=1S/C28H37N3O2S/c1-28(30-2,27(29)33)25(20-11-5-3-6-12-20)26(32)31-18-10-17-24(31)21-13-9-16-23(19-21)34-22-14-7-4-8-15-22/h4,7-9,13-16,19-20,24-25,30H,3,5-6,10-12,17-18H2,1-2H3,(H2,29,33)/t24-,25+,28?/m0/s1. The lowest BCUT2D eigenvalue weighted by Crippen LogP contribution is -2.63. The number of hydrogen-bond acceptors (Lipinski definition) is 4. The Hall–Kier alpha value is -2.31. The molecule has 6 heteroatoms. The molecule has 2 aromatic rings. The molecule has 5 nitrogen and oxygen atoms in total. The van der Waals surface area contributed by atoms with Crippen LogP contribution in [0.3, 0.4) is 0 Å². The summed E-state index contributed by atoms with van der Waals surface area (Å²) in [4.78, 5) is 31.2. The number of nitrogens with zero attached hydrogens (tertiary/aromatic N) is 1. The minimum absolute atomic E-state index is 0.0314. The molecule has 34 heavy (non-hydrogen) atoms. The maximum absolute atomic E-state index is 14.2. The quantitative estimate of drug-likeness (QED) is 0.548. The number of primary amides is 1. The Bertz CT molecular complexity index is 992. The van der Waals surface area contributed by atoms with Gasteiger partial charge in [-0.15, -0.1) is 0 Å². The molecule has 1 heterocycles. The van der Waals surface area contributed by atoms with Gasteiger partial charge in [-0.05, 0) is 75.4 Å². The largest absolute Gasteiger partial charge is 0.368 e. The molecular formula is C28H37N3O2S. The maximum Gasteiger partial charge on any atom is 0.238 e. The first-order valence-electron chi connectivity index (χ1n) is 12.6. The molecule has 182 valence electrons. The van der Waals surface area contributed by atoms with E-state index in [1.807, 2.05) is 30.0 Å². The number of rotatable bonds is 8. The number of benzene rings is 2. The Kier molecular flexibility index (Phi) is 7.99. The van der Waals surface area contributed by atoms with Gasteiger partial charge in [0.1, 0.15) is 5.54 Å². The number of amides is 2. The van der Waals surface area contributed by atoms with E-state index in [-0.39, 0.29) is 17.9 Å². The topological polar surface area (TPSA) is 75.4 Å². The van der Waals surface area contributed by atoms with Crippen LogP contribution in [0.15, 0.2) is 64.4 Å².